The largest absolute Gasteiger partial charge is 0.506 e. The number of halogens is 2. The first kappa shape index (κ1) is 15.6. The fraction of sp³-hybridized carbons (Fsp3) is 0.133. The molecule has 0 atom stereocenters. The molecule has 6 nitrogen and oxygen atoms in total. The number of H-pyrrole nitrogens is 1. The fourth-order valence-electron chi connectivity index (χ4n) is 2.07. The number of phenols is 1. The number of aromatic hydroxyl groups is 1. The predicted molar refractivity (Wildman–Crippen MR) is 92.8 cm³/mol. The van der Waals surface area contributed by atoms with Crippen molar-refractivity contribution >= 4 is 46.5 Å². The van der Waals surface area contributed by atoms with Crippen LogP contribution in [-0.4, -0.2) is 45.4 Å². The van der Waals surface area contributed by atoms with Gasteiger partial charge in [-0.2, -0.15) is 0 Å². The average Bonchev–Trinajstić information content (AvgIpc) is 2.96. The molecule has 1 aromatic carbocycles. The Hall–Kier alpha value is -2.31. The van der Waals surface area contributed by atoms with Gasteiger partial charge in [-0.05, 0) is 18.2 Å². The van der Waals surface area contributed by atoms with E-state index in [1.807, 2.05) is 20.2 Å². The highest BCUT2D eigenvalue weighted by atomic mass is 35.5. The maximum atomic E-state index is 9.87. The maximum absolute atomic E-state index is 9.87. The molecule has 0 saturated heterocycles. The SMILES string of the molecule is CN(C)C=Nc1nc(-c2cc(O)c(Cl)cc2Cl)c2[nH]ccc2n1. The molecule has 0 fully saturated rings. The minimum absolute atomic E-state index is 0.0669. The molecule has 8 heteroatoms. The summed E-state index contributed by atoms with van der Waals surface area (Å²) in [4.78, 5) is 17.9. The van der Waals surface area contributed by atoms with Gasteiger partial charge in [-0.25, -0.2) is 15.0 Å². The Morgan fingerprint density at radius 3 is 2.74 bits per heavy atom. The lowest BCUT2D eigenvalue weighted by Crippen LogP contribution is -2.07. The minimum Gasteiger partial charge on any atom is -0.506 e. The second-order valence-electron chi connectivity index (χ2n) is 5.10. The summed E-state index contributed by atoms with van der Waals surface area (Å²) in [5, 5.41) is 10.4. The van der Waals surface area contributed by atoms with Crippen LogP contribution >= 0.6 is 23.2 Å². The number of benzene rings is 1. The number of aromatic nitrogens is 3. The third-order valence-corrected chi connectivity index (χ3v) is 3.71. The molecule has 0 aliphatic heterocycles. The van der Waals surface area contributed by atoms with Gasteiger partial charge in [0.15, 0.2) is 0 Å². The highest BCUT2D eigenvalue weighted by molar-refractivity contribution is 6.37. The summed E-state index contributed by atoms with van der Waals surface area (Å²) in [6.45, 7) is 0. The van der Waals surface area contributed by atoms with E-state index in [2.05, 4.69) is 19.9 Å². The molecule has 3 aromatic rings. The van der Waals surface area contributed by atoms with E-state index >= 15 is 0 Å². The Labute approximate surface area is 142 Å². The van der Waals surface area contributed by atoms with Crippen molar-refractivity contribution in [3.8, 4) is 17.0 Å². The smallest absolute Gasteiger partial charge is 0.252 e. The molecule has 0 unspecified atom stereocenters. The van der Waals surface area contributed by atoms with Gasteiger partial charge < -0.3 is 15.0 Å². The molecular weight excluding hydrogens is 337 g/mol. The molecule has 23 heavy (non-hydrogen) atoms. The summed E-state index contributed by atoms with van der Waals surface area (Å²) >= 11 is 12.1. The van der Waals surface area contributed by atoms with Crippen LogP contribution in [0.2, 0.25) is 10.0 Å². The lowest BCUT2D eigenvalue weighted by Gasteiger charge is -2.08. The van der Waals surface area contributed by atoms with Gasteiger partial charge in [-0.15, -0.1) is 0 Å². The number of fused-ring (bicyclic) bond motifs is 1. The zero-order chi connectivity index (χ0) is 16.6. The number of phenolic OH excluding ortho intramolecular Hbond substituents is 1. The molecule has 0 bridgehead atoms. The first-order valence-corrected chi connectivity index (χ1v) is 7.45. The zero-order valence-electron chi connectivity index (χ0n) is 12.4. The van der Waals surface area contributed by atoms with E-state index in [0.29, 0.717) is 33.3 Å². The number of hydrogen-bond acceptors (Lipinski definition) is 4. The Bertz CT molecular complexity index is 904. The van der Waals surface area contributed by atoms with E-state index in [9.17, 15) is 5.11 Å². The molecule has 0 aliphatic rings. The molecule has 2 aromatic heterocycles. The van der Waals surface area contributed by atoms with E-state index in [1.54, 1.807) is 17.4 Å². The van der Waals surface area contributed by atoms with Crippen LogP contribution < -0.4 is 0 Å². The van der Waals surface area contributed by atoms with Crippen LogP contribution in [0.25, 0.3) is 22.3 Å². The third kappa shape index (κ3) is 3.09. The highest BCUT2D eigenvalue weighted by Gasteiger charge is 2.15. The minimum atomic E-state index is -0.0669. The molecule has 0 saturated carbocycles. The van der Waals surface area contributed by atoms with Gasteiger partial charge in [0, 0.05) is 25.9 Å². The summed E-state index contributed by atoms with van der Waals surface area (Å²) in [7, 11) is 3.71. The number of nitrogens with zero attached hydrogens (tertiary/aromatic N) is 4. The monoisotopic (exact) mass is 349 g/mol. The van der Waals surface area contributed by atoms with Crippen LogP contribution in [0.4, 0.5) is 5.95 Å². The molecule has 2 N–H and O–H groups in total. The maximum Gasteiger partial charge on any atom is 0.252 e. The van der Waals surface area contributed by atoms with Crippen LogP contribution in [0.15, 0.2) is 29.4 Å². The second kappa shape index (κ2) is 6.06. The Balaban J connectivity index is 2.24. The molecule has 0 aliphatic carbocycles. The van der Waals surface area contributed by atoms with Crippen molar-refractivity contribution in [1.29, 1.82) is 0 Å². The highest BCUT2D eigenvalue weighted by Crippen LogP contribution is 2.38. The van der Waals surface area contributed by atoms with E-state index in [1.165, 1.54) is 12.1 Å². The third-order valence-electron chi connectivity index (χ3n) is 3.09. The zero-order valence-corrected chi connectivity index (χ0v) is 13.9. The van der Waals surface area contributed by atoms with E-state index < -0.39 is 0 Å². The second-order valence-corrected chi connectivity index (χ2v) is 5.92. The van der Waals surface area contributed by atoms with E-state index in [4.69, 9.17) is 23.2 Å². The fourth-order valence-corrected chi connectivity index (χ4v) is 2.54. The number of nitrogens with one attached hydrogen (secondary N) is 1. The van der Waals surface area contributed by atoms with Crippen LogP contribution in [0, 0.1) is 0 Å². The normalized spacial score (nSPS) is 11.5. The average molecular weight is 350 g/mol. The Morgan fingerprint density at radius 1 is 1.22 bits per heavy atom. The van der Waals surface area contributed by atoms with Crippen molar-refractivity contribution in [3.05, 3.63) is 34.4 Å². The number of hydrogen-bond donors (Lipinski definition) is 2. The van der Waals surface area contributed by atoms with Crippen molar-refractivity contribution in [2.75, 3.05) is 14.1 Å². The lowest BCUT2D eigenvalue weighted by atomic mass is 10.1. The Morgan fingerprint density at radius 2 is 2.00 bits per heavy atom. The van der Waals surface area contributed by atoms with Crippen molar-refractivity contribution in [2.24, 2.45) is 4.99 Å². The molecule has 3 rings (SSSR count). The standard InChI is InChI=1S/C15H13Cl2N5O/c1-22(2)7-19-15-20-11-3-4-18-14(11)13(21-15)8-5-12(23)10(17)6-9(8)16/h3-7,18,23H,1-2H3. The van der Waals surface area contributed by atoms with Crippen LogP contribution in [-0.2, 0) is 0 Å². The topological polar surface area (TPSA) is 77.4 Å². The molecular formula is C15H13Cl2N5O. The quantitative estimate of drug-likeness (QED) is 0.555. The van der Waals surface area contributed by atoms with E-state index in [-0.39, 0.29) is 10.8 Å². The lowest BCUT2D eigenvalue weighted by molar-refractivity contribution is 0.476. The van der Waals surface area contributed by atoms with Gasteiger partial charge in [0.25, 0.3) is 5.95 Å². The molecule has 0 amide bonds. The van der Waals surface area contributed by atoms with Crippen molar-refractivity contribution in [1.82, 2.24) is 19.9 Å². The summed E-state index contributed by atoms with van der Waals surface area (Å²) in [5.74, 6) is 0.231. The summed E-state index contributed by atoms with van der Waals surface area (Å²) < 4.78 is 0. The van der Waals surface area contributed by atoms with Gasteiger partial charge in [0.2, 0.25) is 0 Å². The number of aromatic amines is 1. The predicted octanol–water partition coefficient (Wildman–Crippen LogP) is 3.86. The first-order valence-electron chi connectivity index (χ1n) is 6.70. The molecule has 2 heterocycles. The van der Waals surface area contributed by atoms with Gasteiger partial charge in [-0.3, -0.25) is 0 Å². The number of rotatable bonds is 3. The summed E-state index contributed by atoms with van der Waals surface area (Å²) in [6.07, 6.45) is 3.37. The van der Waals surface area contributed by atoms with Gasteiger partial charge in [-0.1, -0.05) is 23.2 Å². The molecule has 0 spiro atoms. The Kier molecular flexibility index (Phi) is 4.11. The van der Waals surface area contributed by atoms with Crippen LogP contribution in [0.3, 0.4) is 0 Å². The molecule has 118 valence electrons. The summed E-state index contributed by atoms with van der Waals surface area (Å²) in [6, 6.07) is 4.78. The van der Waals surface area contributed by atoms with Gasteiger partial charge >= 0.3 is 0 Å². The first-order chi connectivity index (χ1) is 11.0. The summed E-state index contributed by atoms with van der Waals surface area (Å²) in [5.41, 5.74) is 2.50. The van der Waals surface area contributed by atoms with Gasteiger partial charge in [0.1, 0.15) is 11.4 Å². The van der Waals surface area contributed by atoms with Crippen LogP contribution in [0.5, 0.6) is 5.75 Å². The van der Waals surface area contributed by atoms with Crippen molar-refractivity contribution in [2.45, 2.75) is 0 Å². The van der Waals surface area contributed by atoms with Crippen molar-refractivity contribution in [3.63, 3.8) is 0 Å². The van der Waals surface area contributed by atoms with Crippen molar-refractivity contribution < 1.29 is 5.11 Å². The van der Waals surface area contributed by atoms with Crippen LogP contribution in [0.1, 0.15) is 0 Å². The van der Waals surface area contributed by atoms with Gasteiger partial charge in [0.05, 0.1) is 27.4 Å². The number of aliphatic imine (C=N–C) groups is 1. The van der Waals surface area contributed by atoms with E-state index in [0.717, 1.165) is 0 Å². The molecule has 0 radical (unpaired) electrons.